The predicted octanol–water partition coefficient (Wildman–Crippen LogP) is 14.0. The Morgan fingerprint density at radius 2 is 0.901 bits per heavy atom. The van der Waals surface area contributed by atoms with E-state index in [1.165, 1.54) is 218 Å². The van der Waals surface area contributed by atoms with Crippen molar-refractivity contribution in [2.24, 2.45) is 0 Å². The van der Waals surface area contributed by atoms with Gasteiger partial charge in [0.1, 0.15) is 24.4 Å². The van der Waals surface area contributed by atoms with Crippen molar-refractivity contribution in [2.75, 3.05) is 13.2 Å². The predicted molar refractivity (Wildman–Crippen MR) is 292 cm³/mol. The highest BCUT2D eigenvalue weighted by molar-refractivity contribution is 7.80. The highest BCUT2D eigenvalue weighted by Crippen LogP contribution is 2.26. The quantitative estimate of drug-likeness (QED) is 0.0193. The van der Waals surface area contributed by atoms with Crippen molar-refractivity contribution in [1.82, 2.24) is 5.32 Å². The molecule has 71 heavy (non-hydrogen) atoms. The SMILES string of the molecule is CCCCCCCCCCCCCC/C=C\CCCCCCCCCCCC(=O)NC(COC1OC(CO)C(O)C(OS(=O)(=O)O)C1O)C(O)/C=C/CCCCCCCCCCCCCCCCCCC. The summed E-state index contributed by atoms with van der Waals surface area (Å²) in [5, 5.41) is 45.0. The summed E-state index contributed by atoms with van der Waals surface area (Å²) in [4.78, 5) is 13.1. The molecule has 1 amide bonds. The Morgan fingerprint density at radius 1 is 0.549 bits per heavy atom. The van der Waals surface area contributed by atoms with Gasteiger partial charge in [-0.05, 0) is 44.9 Å². The fraction of sp³-hybridized carbons (Fsp3) is 0.914. The molecule has 1 aliphatic heterocycles. The van der Waals surface area contributed by atoms with Crippen molar-refractivity contribution >= 4 is 16.3 Å². The van der Waals surface area contributed by atoms with Gasteiger partial charge in [0, 0.05) is 6.42 Å². The van der Waals surface area contributed by atoms with E-state index >= 15 is 0 Å². The molecule has 1 rings (SSSR count). The molecule has 0 aliphatic carbocycles. The zero-order chi connectivity index (χ0) is 51.9. The molecule has 7 unspecified atom stereocenters. The Hall–Kier alpha value is -1.42. The number of unbranched alkanes of at least 4 members (excludes halogenated alkanes) is 38. The summed E-state index contributed by atoms with van der Waals surface area (Å²) in [7, 11) is -5.09. The minimum Gasteiger partial charge on any atom is -0.394 e. The molecule has 0 aromatic carbocycles. The van der Waals surface area contributed by atoms with E-state index in [2.05, 4.69) is 35.5 Å². The van der Waals surface area contributed by atoms with Crippen LogP contribution in [0.2, 0.25) is 0 Å². The van der Waals surface area contributed by atoms with Crippen molar-refractivity contribution in [2.45, 2.75) is 326 Å². The Kier molecular flexibility index (Phi) is 45.9. The number of hydrogen-bond acceptors (Lipinski definition) is 10. The van der Waals surface area contributed by atoms with Gasteiger partial charge in [0.25, 0.3) is 0 Å². The second kappa shape index (κ2) is 48.2. The number of aliphatic hydroxyl groups excluding tert-OH is 4. The van der Waals surface area contributed by atoms with E-state index in [0.29, 0.717) is 6.42 Å². The number of amides is 1. The van der Waals surface area contributed by atoms with Crippen molar-refractivity contribution in [1.29, 1.82) is 0 Å². The van der Waals surface area contributed by atoms with Crippen molar-refractivity contribution in [3.8, 4) is 0 Å². The van der Waals surface area contributed by atoms with Crippen LogP contribution >= 0.6 is 0 Å². The van der Waals surface area contributed by atoms with Gasteiger partial charge in [0.05, 0.1) is 25.4 Å². The summed E-state index contributed by atoms with van der Waals surface area (Å²) in [5.41, 5.74) is 0. The maximum Gasteiger partial charge on any atom is 0.397 e. The first-order chi connectivity index (χ1) is 34.5. The zero-order valence-corrected chi connectivity index (χ0v) is 46.4. The van der Waals surface area contributed by atoms with Crippen LogP contribution in [-0.2, 0) is 28.9 Å². The highest BCUT2D eigenvalue weighted by Gasteiger charge is 2.48. The van der Waals surface area contributed by atoms with Gasteiger partial charge in [-0.2, -0.15) is 8.42 Å². The molecular formula is C58H111NO11S. The third-order valence-electron chi connectivity index (χ3n) is 14.2. The van der Waals surface area contributed by atoms with E-state index in [-0.39, 0.29) is 18.9 Å². The lowest BCUT2D eigenvalue weighted by Crippen LogP contribution is -2.61. The van der Waals surface area contributed by atoms with Gasteiger partial charge in [-0.1, -0.05) is 256 Å². The Labute approximate surface area is 435 Å². The van der Waals surface area contributed by atoms with Gasteiger partial charge in [-0.15, -0.1) is 0 Å². The summed E-state index contributed by atoms with van der Waals surface area (Å²) in [5.74, 6) is -0.260. The third kappa shape index (κ3) is 40.6. The molecule has 0 spiro atoms. The van der Waals surface area contributed by atoms with Gasteiger partial charge < -0.3 is 35.2 Å². The fourth-order valence-corrected chi connectivity index (χ4v) is 10.1. The molecular weight excluding hydrogens is 919 g/mol. The van der Waals surface area contributed by atoms with Crippen LogP contribution in [0.5, 0.6) is 0 Å². The zero-order valence-electron chi connectivity index (χ0n) is 45.6. The maximum absolute atomic E-state index is 13.1. The van der Waals surface area contributed by atoms with Crippen molar-refractivity contribution in [3.05, 3.63) is 24.3 Å². The van der Waals surface area contributed by atoms with E-state index in [0.717, 1.165) is 38.5 Å². The molecule has 1 aliphatic rings. The molecule has 0 radical (unpaired) electrons. The van der Waals surface area contributed by atoms with Crippen LogP contribution < -0.4 is 5.32 Å². The van der Waals surface area contributed by atoms with Crippen LogP contribution in [0, 0.1) is 0 Å². The summed E-state index contributed by atoms with van der Waals surface area (Å²) in [6.07, 6.45) is 50.8. The molecule has 6 N–H and O–H groups in total. The number of hydrogen-bond donors (Lipinski definition) is 6. The standard InChI is InChI=1S/C58H111NO11S/c1-3-5-7-9-11-13-15-17-19-21-23-24-25-26-27-28-30-32-34-36-38-40-42-44-46-48-54(62)59-51(50-68-58-56(64)57(70-71(65,66)67)55(63)53(49-60)69-58)52(61)47-45-43-41-39-37-35-33-31-29-22-20-18-16-14-12-10-8-6-4-2/h26-27,45,47,51-53,55-58,60-61,63-64H,3-25,28-44,46,48-50H2,1-2H3,(H,59,62)(H,65,66,67)/b27-26-,47-45+. The largest absolute Gasteiger partial charge is 0.397 e. The minimum atomic E-state index is -5.09. The van der Waals surface area contributed by atoms with Crippen LogP contribution in [-0.4, -0.2) is 95.4 Å². The monoisotopic (exact) mass is 1030 g/mol. The Bertz CT molecular complexity index is 1350. The number of carbonyl (C=O) groups excluding carboxylic acids is 1. The normalized spacial score (nSPS) is 19.6. The maximum atomic E-state index is 13.1. The summed E-state index contributed by atoms with van der Waals surface area (Å²) >= 11 is 0. The smallest absolute Gasteiger partial charge is 0.394 e. The lowest BCUT2D eigenvalue weighted by molar-refractivity contribution is -0.298. The van der Waals surface area contributed by atoms with Crippen LogP contribution in [0.1, 0.15) is 284 Å². The molecule has 13 heteroatoms. The molecule has 1 heterocycles. The van der Waals surface area contributed by atoms with E-state index < -0.39 is 59.9 Å². The van der Waals surface area contributed by atoms with E-state index in [1.807, 2.05) is 6.08 Å². The molecule has 0 bridgehead atoms. The molecule has 12 nitrogen and oxygen atoms in total. The first-order valence-electron chi connectivity index (χ1n) is 29.7. The summed E-state index contributed by atoms with van der Waals surface area (Å²) in [6.45, 7) is 3.44. The van der Waals surface area contributed by atoms with Gasteiger partial charge in [0.2, 0.25) is 5.91 Å². The topological polar surface area (TPSA) is 192 Å². The van der Waals surface area contributed by atoms with E-state index in [9.17, 15) is 38.2 Å². The van der Waals surface area contributed by atoms with Crippen LogP contribution in [0.25, 0.3) is 0 Å². The average molecular weight is 1030 g/mol. The summed E-state index contributed by atoms with van der Waals surface area (Å²) < 4.78 is 47.9. The van der Waals surface area contributed by atoms with Crippen molar-refractivity contribution < 1.29 is 51.8 Å². The number of rotatable bonds is 52. The Balaban J connectivity index is 2.35. The molecule has 0 aromatic heterocycles. The molecule has 0 saturated carbocycles. The molecule has 0 aromatic rings. The van der Waals surface area contributed by atoms with Crippen LogP contribution in [0.15, 0.2) is 24.3 Å². The van der Waals surface area contributed by atoms with Gasteiger partial charge in [-0.3, -0.25) is 9.35 Å². The Morgan fingerprint density at radius 3 is 1.27 bits per heavy atom. The minimum absolute atomic E-state index is 0.260. The van der Waals surface area contributed by atoms with Crippen LogP contribution in [0.3, 0.4) is 0 Å². The van der Waals surface area contributed by atoms with Gasteiger partial charge in [0.15, 0.2) is 6.29 Å². The number of ether oxygens (including phenoxy) is 2. The summed E-state index contributed by atoms with van der Waals surface area (Å²) in [6, 6.07) is -0.944. The first-order valence-corrected chi connectivity index (χ1v) is 31.1. The van der Waals surface area contributed by atoms with Crippen LogP contribution in [0.4, 0.5) is 0 Å². The second-order valence-electron chi connectivity index (χ2n) is 20.9. The lowest BCUT2D eigenvalue weighted by Gasteiger charge is -2.41. The van der Waals surface area contributed by atoms with Gasteiger partial charge >= 0.3 is 10.4 Å². The van der Waals surface area contributed by atoms with Crippen molar-refractivity contribution in [3.63, 3.8) is 0 Å². The molecule has 1 saturated heterocycles. The number of allylic oxidation sites excluding steroid dienone is 3. The number of aliphatic hydroxyl groups is 4. The van der Waals surface area contributed by atoms with Gasteiger partial charge in [-0.25, -0.2) is 4.18 Å². The molecule has 1 fully saturated rings. The average Bonchev–Trinajstić information content (AvgIpc) is 3.34. The molecule has 420 valence electrons. The van der Waals surface area contributed by atoms with E-state index in [1.54, 1.807) is 6.08 Å². The third-order valence-corrected chi connectivity index (χ3v) is 14.7. The number of nitrogens with one attached hydrogen (secondary N) is 1. The fourth-order valence-electron chi connectivity index (χ4n) is 9.63. The number of carbonyl (C=O) groups is 1. The highest BCUT2D eigenvalue weighted by atomic mass is 32.3. The van der Waals surface area contributed by atoms with E-state index in [4.69, 9.17) is 9.47 Å². The molecule has 7 atom stereocenters. The lowest BCUT2D eigenvalue weighted by atomic mass is 9.99. The second-order valence-corrected chi connectivity index (χ2v) is 22.0. The first kappa shape index (κ1) is 67.6.